The lowest BCUT2D eigenvalue weighted by Crippen LogP contribution is -2.29. The van der Waals surface area contributed by atoms with Gasteiger partial charge in [-0.3, -0.25) is 4.79 Å². The van der Waals surface area contributed by atoms with E-state index in [1.165, 1.54) is 6.33 Å². The van der Waals surface area contributed by atoms with Crippen molar-refractivity contribution in [2.75, 3.05) is 91.0 Å². The fourth-order valence-corrected chi connectivity index (χ4v) is 7.68. The number of benzene rings is 3. The van der Waals surface area contributed by atoms with E-state index in [2.05, 4.69) is 32.0 Å². The normalized spacial score (nSPS) is 13.1. The molecule has 0 bridgehead atoms. The smallest absolute Gasteiger partial charge is 0.222 e. The number of ether oxygens (including phenoxy) is 4. The molecule has 0 aliphatic carbocycles. The summed E-state index contributed by atoms with van der Waals surface area (Å²) in [6.45, 7) is 3.47. The maximum absolute atomic E-state index is 12.2. The first-order valence-electron chi connectivity index (χ1n) is 23.2. The number of aromatic nitrogens is 6. The number of likely N-dealkylation sites (N-methyl/N-ethyl adjacent to an activating group) is 2. The van der Waals surface area contributed by atoms with Crippen LogP contribution in [0.2, 0.25) is 0 Å². The van der Waals surface area contributed by atoms with Crippen LogP contribution in [-0.4, -0.2) is 144 Å². The van der Waals surface area contributed by atoms with Crippen LogP contribution in [0, 0.1) is 11.3 Å². The molecule has 0 saturated carbocycles. The third-order valence-electron chi connectivity index (χ3n) is 11.3. The number of aliphatic hydroxyl groups excluding tert-OH is 2. The second kappa shape index (κ2) is 25.2. The SMILES string of the molecule is CNCC(O)COc1cccc(-c2nc(-c3ccc(OCc4ccc(OCC(O)CNC)cc4-c4nc(NCCCN5CCCC5=O)cc(-c5cncnc5)n4)c(OC)c3)cc(N(C)CCC#N)n2)c1. The minimum atomic E-state index is -0.735. The van der Waals surface area contributed by atoms with E-state index in [1.807, 2.05) is 89.6 Å². The summed E-state index contributed by atoms with van der Waals surface area (Å²) in [4.78, 5) is 44.3. The first-order valence-corrected chi connectivity index (χ1v) is 23.2. The monoisotopic (exact) mass is 952 g/mol. The van der Waals surface area contributed by atoms with Crippen LogP contribution in [0.4, 0.5) is 11.6 Å². The van der Waals surface area contributed by atoms with Crippen LogP contribution < -0.4 is 39.8 Å². The summed E-state index contributed by atoms with van der Waals surface area (Å²) in [7, 11) is 6.98. The van der Waals surface area contributed by atoms with Crippen LogP contribution in [0.15, 0.2) is 91.5 Å². The number of aliphatic hydroxyl groups is 2. The van der Waals surface area contributed by atoms with Gasteiger partial charge < -0.3 is 54.9 Å². The van der Waals surface area contributed by atoms with Crippen molar-refractivity contribution in [1.29, 1.82) is 5.26 Å². The third kappa shape index (κ3) is 13.8. The molecule has 1 amide bonds. The predicted octanol–water partition coefficient (Wildman–Crippen LogP) is 5.00. The summed E-state index contributed by atoms with van der Waals surface area (Å²) in [5, 5.41) is 39.4. The van der Waals surface area contributed by atoms with Crippen molar-refractivity contribution in [1.82, 2.24) is 45.4 Å². The van der Waals surface area contributed by atoms with Crippen LogP contribution >= 0.6 is 0 Å². The average Bonchev–Trinajstić information content (AvgIpc) is 3.81. The standard InChI is InChI=1S/C51H60N12O7/c1-53-28-38(64)31-68-40-10-5-9-35(21-40)50-58-44(25-48(61-50)62(3)18-7-16-52)34-13-15-45(46(22-34)67-4)70-30-36-12-14-41(69-32-39(65)29-54-2)23-42(36)51-59-43(37-26-55-33-56-27-37)24-47(60-51)57-17-8-20-63-19-6-11-49(63)66/h5,9-10,12-15,21-27,33,38-39,53-54,64-65H,6-8,11,17-20,28-32H2,1-4H3,(H,57,59,60). The number of nitrogens with one attached hydrogen (secondary N) is 3. The Morgan fingerprint density at radius 2 is 1.56 bits per heavy atom. The van der Waals surface area contributed by atoms with Gasteiger partial charge in [0.05, 0.1) is 31.0 Å². The Morgan fingerprint density at radius 3 is 2.27 bits per heavy atom. The van der Waals surface area contributed by atoms with Crippen molar-refractivity contribution in [2.24, 2.45) is 0 Å². The second-order valence-corrected chi connectivity index (χ2v) is 16.7. The number of nitriles is 1. The minimum absolute atomic E-state index is 0.0583. The number of rotatable bonds is 26. The number of amides is 1. The molecular weight excluding hydrogens is 893 g/mol. The fourth-order valence-electron chi connectivity index (χ4n) is 7.68. The van der Waals surface area contributed by atoms with Crippen LogP contribution in [0.3, 0.4) is 0 Å². The van der Waals surface area contributed by atoms with Gasteiger partial charge in [0.15, 0.2) is 23.1 Å². The number of hydrogen-bond donors (Lipinski definition) is 5. The molecule has 1 aliphatic heterocycles. The first-order chi connectivity index (χ1) is 34.1. The van der Waals surface area contributed by atoms with Gasteiger partial charge in [-0.15, -0.1) is 0 Å². The van der Waals surface area contributed by atoms with Crippen molar-refractivity contribution < 1.29 is 34.0 Å². The molecule has 5 N–H and O–H groups in total. The maximum Gasteiger partial charge on any atom is 0.222 e. The first kappa shape index (κ1) is 50.4. The van der Waals surface area contributed by atoms with Gasteiger partial charge in [-0.1, -0.05) is 18.2 Å². The Bertz CT molecular complexity index is 2710. The van der Waals surface area contributed by atoms with E-state index in [1.54, 1.807) is 33.6 Å². The molecule has 2 atom stereocenters. The zero-order valence-corrected chi connectivity index (χ0v) is 40.0. The zero-order valence-electron chi connectivity index (χ0n) is 40.0. The van der Waals surface area contributed by atoms with Gasteiger partial charge in [-0.25, -0.2) is 29.9 Å². The summed E-state index contributed by atoms with van der Waals surface area (Å²) in [5.74, 6) is 4.19. The lowest BCUT2D eigenvalue weighted by atomic mass is 10.1. The van der Waals surface area contributed by atoms with E-state index < -0.39 is 12.2 Å². The van der Waals surface area contributed by atoms with Crippen molar-refractivity contribution in [3.05, 3.63) is 97.1 Å². The van der Waals surface area contributed by atoms with Crippen molar-refractivity contribution >= 4 is 17.5 Å². The molecular formula is C51H60N12O7. The molecule has 4 heterocycles. The van der Waals surface area contributed by atoms with E-state index in [-0.39, 0.29) is 25.7 Å². The van der Waals surface area contributed by atoms with Crippen LogP contribution in [0.25, 0.3) is 45.3 Å². The Balaban J connectivity index is 1.19. The molecule has 0 spiro atoms. The van der Waals surface area contributed by atoms with Crippen LogP contribution in [0.5, 0.6) is 23.0 Å². The number of methoxy groups -OCH3 is 1. The van der Waals surface area contributed by atoms with Crippen molar-refractivity contribution in [2.45, 2.75) is 44.5 Å². The van der Waals surface area contributed by atoms with Crippen LogP contribution in [0.1, 0.15) is 31.2 Å². The Labute approximate surface area is 407 Å². The molecule has 0 radical (unpaired) electrons. The quantitative estimate of drug-likeness (QED) is 0.0450. The molecule has 1 aliphatic rings. The highest BCUT2D eigenvalue weighted by Crippen LogP contribution is 2.36. The Morgan fingerprint density at radius 1 is 0.814 bits per heavy atom. The lowest BCUT2D eigenvalue weighted by Gasteiger charge is -2.19. The third-order valence-corrected chi connectivity index (χ3v) is 11.3. The van der Waals surface area contributed by atoms with Crippen molar-refractivity contribution in [3.8, 4) is 74.4 Å². The van der Waals surface area contributed by atoms with E-state index in [9.17, 15) is 20.3 Å². The van der Waals surface area contributed by atoms with Gasteiger partial charge in [0.1, 0.15) is 61.5 Å². The maximum atomic E-state index is 12.2. The molecule has 366 valence electrons. The Kier molecular flexibility index (Phi) is 18.1. The largest absolute Gasteiger partial charge is 0.493 e. The van der Waals surface area contributed by atoms with E-state index in [4.69, 9.17) is 38.9 Å². The summed E-state index contributed by atoms with van der Waals surface area (Å²) in [6.07, 6.45) is 5.95. The molecule has 3 aromatic heterocycles. The lowest BCUT2D eigenvalue weighted by molar-refractivity contribution is -0.127. The number of carbonyl (C=O) groups excluding carboxylic acids is 1. The molecule has 19 heteroatoms. The molecule has 6 aromatic rings. The van der Waals surface area contributed by atoms with Gasteiger partial charge in [0.25, 0.3) is 0 Å². The van der Waals surface area contributed by atoms with E-state index in [0.717, 1.165) is 30.5 Å². The Hall–Kier alpha value is -7.50. The molecule has 2 unspecified atom stereocenters. The van der Waals surface area contributed by atoms with Gasteiger partial charge in [-0.2, -0.15) is 5.26 Å². The molecule has 70 heavy (non-hydrogen) atoms. The summed E-state index contributed by atoms with van der Waals surface area (Å²) in [6, 6.07) is 24.4. The van der Waals surface area contributed by atoms with E-state index >= 15 is 0 Å². The highest BCUT2D eigenvalue weighted by atomic mass is 16.5. The van der Waals surface area contributed by atoms with Crippen LogP contribution in [-0.2, 0) is 11.4 Å². The molecule has 1 fully saturated rings. The van der Waals surface area contributed by atoms with Gasteiger partial charge in [0.2, 0.25) is 5.91 Å². The minimum Gasteiger partial charge on any atom is -0.493 e. The topological polar surface area (TPSA) is 238 Å². The second-order valence-electron chi connectivity index (χ2n) is 16.7. The van der Waals surface area contributed by atoms with Crippen molar-refractivity contribution in [3.63, 3.8) is 0 Å². The molecule has 7 rings (SSSR count). The molecule has 1 saturated heterocycles. The van der Waals surface area contributed by atoms with E-state index in [0.29, 0.717) is 120 Å². The van der Waals surface area contributed by atoms with Gasteiger partial charge in [0, 0.05) is 105 Å². The molecule has 3 aromatic carbocycles. The summed E-state index contributed by atoms with van der Waals surface area (Å²) in [5.41, 5.74) is 4.70. The van der Waals surface area contributed by atoms with Gasteiger partial charge in [-0.05, 0) is 69.4 Å². The zero-order chi connectivity index (χ0) is 49.2. The highest BCUT2D eigenvalue weighted by molar-refractivity contribution is 5.78. The predicted molar refractivity (Wildman–Crippen MR) is 266 cm³/mol. The fraction of sp³-hybridized carbons (Fsp3) is 0.373. The highest BCUT2D eigenvalue weighted by Gasteiger charge is 2.21. The number of likely N-dealkylation sites (tertiary alicyclic amines) is 1. The number of nitrogens with zero attached hydrogens (tertiary/aromatic N) is 9. The molecule has 19 nitrogen and oxygen atoms in total. The summed E-state index contributed by atoms with van der Waals surface area (Å²) >= 11 is 0. The average molecular weight is 953 g/mol. The number of anilines is 2. The van der Waals surface area contributed by atoms with Gasteiger partial charge >= 0.3 is 0 Å². The number of hydrogen-bond acceptors (Lipinski definition) is 18. The summed E-state index contributed by atoms with van der Waals surface area (Å²) < 4.78 is 24.4. The number of carbonyl (C=O) groups is 1.